The number of guanidine groups is 1. The van der Waals surface area contributed by atoms with E-state index in [2.05, 4.69) is 15.6 Å². The molecule has 2 heterocycles. The number of ether oxygens (including phenoxy) is 2. The minimum absolute atomic E-state index is 0.00822. The first-order chi connectivity index (χ1) is 14.3. The Morgan fingerprint density at radius 2 is 1.83 bits per heavy atom. The van der Waals surface area contributed by atoms with Crippen molar-refractivity contribution < 1.29 is 22.6 Å². The Balaban J connectivity index is 1.52. The fraction of sp³-hybridized carbons (Fsp3) is 0.286. The average Bonchev–Trinajstić information content (AvgIpc) is 3.35. The minimum atomic E-state index is -4.68. The highest BCUT2D eigenvalue weighted by molar-refractivity contribution is 5.95. The predicted octanol–water partition coefficient (Wildman–Crippen LogP) is 3.53. The summed E-state index contributed by atoms with van der Waals surface area (Å²) in [5.74, 6) is 0.913. The van der Waals surface area contributed by atoms with Gasteiger partial charge in [-0.3, -0.25) is 5.73 Å². The zero-order valence-electron chi connectivity index (χ0n) is 15.8. The molecule has 1 unspecified atom stereocenters. The van der Waals surface area contributed by atoms with E-state index in [1.165, 1.54) is 29.3 Å². The van der Waals surface area contributed by atoms with Crippen LogP contribution in [0.3, 0.4) is 0 Å². The summed E-state index contributed by atoms with van der Waals surface area (Å²) in [6, 6.07) is 10.3. The van der Waals surface area contributed by atoms with Crippen LogP contribution >= 0.6 is 0 Å². The molecule has 2 aromatic carbocycles. The van der Waals surface area contributed by atoms with E-state index in [9.17, 15) is 13.2 Å². The number of nitrogens with zero attached hydrogens (tertiary/aromatic N) is 1. The number of rotatable bonds is 2. The van der Waals surface area contributed by atoms with Crippen molar-refractivity contribution in [2.24, 2.45) is 10.7 Å². The SMILES string of the molecule is NC1(c2ccc3c(c2)OCO3)N=C(Nc2ccc3c(c2)CCC3)NC=C1C(F)(F)F. The Morgan fingerprint density at radius 3 is 2.67 bits per heavy atom. The summed E-state index contributed by atoms with van der Waals surface area (Å²) < 4.78 is 51.8. The van der Waals surface area contributed by atoms with Gasteiger partial charge in [-0.25, -0.2) is 4.99 Å². The van der Waals surface area contributed by atoms with Crippen molar-refractivity contribution in [3.05, 3.63) is 64.9 Å². The van der Waals surface area contributed by atoms with Crippen LogP contribution in [0.25, 0.3) is 0 Å². The van der Waals surface area contributed by atoms with E-state index in [1.54, 1.807) is 0 Å². The number of anilines is 1. The Kier molecular flexibility index (Phi) is 4.18. The molecule has 0 bridgehead atoms. The number of aliphatic imine (C=N–C) groups is 1. The summed E-state index contributed by atoms with van der Waals surface area (Å²) in [5, 5.41) is 5.64. The average molecular weight is 416 g/mol. The number of halogens is 3. The Morgan fingerprint density at radius 1 is 1.03 bits per heavy atom. The van der Waals surface area contributed by atoms with Crippen molar-refractivity contribution in [3.8, 4) is 11.5 Å². The van der Waals surface area contributed by atoms with Crippen LogP contribution in [0, 0.1) is 0 Å². The molecule has 0 aromatic heterocycles. The van der Waals surface area contributed by atoms with Gasteiger partial charge in [-0.2, -0.15) is 13.2 Å². The van der Waals surface area contributed by atoms with Crippen LogP contribution in [0.2, 0.25) is 0 Å². The maximum atomic E-state index is 13.8. The summed E-state index contributed by atoms with van der Waals surface area (Å²) in [6.45, 7) is 0.00822. The number of benzene rings is 2. The number of nitrogens with one attached hydrogen (secondary N) is 2. The first-order valence-corrected chi connectivity index (χ1v) is 9.55. The molecular weight excluding hydrogens is 397 g/mol. The van der Waals surface area contributed by atoms with Gasteiger partial charge in [0.25, 0.3) is 0 Å². The Labute approximate surface area is 170 Å². The topological polar surface area (TPSA) is 80.9 Å². The van der Waals surface area contributed by atoms with E-state index in [1.807, 2.05) is 18.2 Å². The van der Waals surface area contributed by atoms with E-state index in [0.717, 1.165) is 31.1 Å². The zero-order valence-corrected chi connectivity index (χ0v) is 15.8. The molecule has 1 aliphatic carbocycles. The number of hydrogen-bond donors (Lipinski definition) is 3. The van der Waals surface area contributed by atoms with Crippen molar-refractivity contribution in [3.63, 3.8) is 0 Å². The molecule has 4 N–H and O–H groups in total. The van der Waals surface area contributed by atoms with E-state index in [4.69, 9.17) is 15.2 Å². The molecule has 0 spiro atoms. The molecule has 0 saturated heterocycles. The lowest BCUT2D eigenvalue weighted by atomic mass is 9.91. The number of fused-ring (bicyclic) bond motifs is 2. The number of nitrogens with two attached hydrogens (primary N) is 1. The van der Waals surface area contributed by atoms with Gasteiger partial charge in [-0.15, -0.1) is 0 Å². The van der Waals surface area contributed by atoms with E-state index < -0.39 is 17.4 Å². The lowest BCUT2D eigenvalue weighted by Gasteiger charge is -2.34. The second kappa shape index (κ2) is 6.66. The van der Waals surface area contributed by atoms with Gasteiger partial charge >= 0.3 is 6.18 Å². The normalized spacial score (nSPS) is 22.1. The fourth-order valence-electron chi connectivity index (χ4n) is 4.02. The molecule has 2 aromatic rings. The fourth-order valence-corrected chi connectivity index (χ4v) is 4.02. The molecule has 9 heteroatoms. The molecule has 1 atom stereocenters. The van der Waals surface area contributed by atoms with Crippen LogP contribution in [0.15, 0.2) is 53.2 Å². The van der Waals surface area contributed by atoms with Crippen LogP contribution in [-0.2, 0) is 18.5 Å². The summed E-state index contributed by atoms with van der Waals surface area (Å²) >= 11 is 0. The van der Waals surface area contributed by atoms with Gasteiger partial charge in [0.15, 0.2) is 17.2 Å². The highest BCUT2D eigenvalue weighted by Crippen LogP contribution is 2.43. The van der Waals surface area contributed by atoms with Crippen molar-refractivity contribution in [1.29, 1.82) is 0 Å². The van der Waals surface area contributed by atoms with Gasteiger partial charge in [0.05, 0.1) is 5.57 Å². The standard InChI is InChI=1S/C21H19F3N4O2/c22-21(23,24)18-10-26-19(27-15-6-4-12-2-1-3-13(12)8-15)28-20(18,25)14-5-7-16-17(9-14)30-11-29-16/h4-10H,1-3,11,25H2,(H2,26,27,28). The van der Waals surface area contributed by atoms with Crippen LogP contribution in [-0.4, -0.2) is 18.9 Å². The second-order valence-electron chi connectivity index (χ2n) is 7.46. The third-order valence-electron chi connectivity index (χ3n) is 5.53. The van der Waals surface area contributed by atoms with Gasteiger partial charge in [0.1, 0.15) is 0 Å². The number of aryl methyl sites for hydroxylation is 2. The van der Waals surface area contributed by atoms with Gasteiger partial charge in [0.2, 0.25) is 12.8 Å². The molecule has 6 nitrogen and oxygen atoms in total. The minimum Gasteiger partial charge on any atom is -0.454 e. The van der Waals surface area contributed by atoms with Crippen molar-refractivity contribution in [2.45, 2.75) is 31.1 Å². The molecule has 30 heavy (non-hydrogen) atoms. The molecule has 156 valence electrons. The lowest BCUT2D eigenvalue weighted by Crippen LogP contribution is -2.49. The molecule has 0 amide bonds. The molecule has 0 fully saturated rings. The molecular formula is C21H19F3N4O2. The number of alkyl halides is 3. The first kappa shape index (κ1) is 18.8. The summed E-state index contributed by atoms with van der Waals surface area (Å²) in [7, 11) is 0. The summed E-state index contributed by atoms with van der Waals surface area (Å²) in [5.41, 5.74) is 6.54. The van der Waals surface area contributed by atoms with Gasteiger partial charge in [0, 0.05) is 17.5 Å². The van der Waals surface area contributed by atoms with Gasteiger partial charge in [-0.1, -0.05) is 12.1 Å². The predicted molar refractivity (Wildman–Crippen MR) is 105 cm³/mol. The monoisotopic (exact) mass is 416 g/mol. The lowest BCUT2D eigenvalue weighted by molar-refractivity contribution is -0.102. The van der Waals surface area contributed by atoms with Crippen LogP contribution in [0.4, 0.5) is 18.9 Å². The molecule has 0 saturated carbocycles. The van der Waals surface area contributed by atoms with Crippen LogP contribution in [0.5, 0.6) is 11.5 Å². The zero-order chi connectivity index (χ0) is 20.9. The number of hydrogen-bond acceptors (Lipinski definition) is 6. The molecule has 2 aliphatic heterocycles. The molecule has 0 radical (unpaired) electrons. The highest BCUT2D eigenvalue weighted by Gasteiger charge is 2.49. The van der Waals surface area contributed by atoms with Gasteiger partial charge in [-0.05, 0) is 54.7 Å². The summed E-state index contributed by atoms with van der Waals surface area (Å²) in [4.78, 5) is 4.23. The molecule has 5 rings (SSSR count). The smallest absolute Gasteiger partial charge is 0.418 e. The van der Waals surface area contributed by atoms with Crippen molar-refractivity contribution in [1.82, 2.24) is 5.32 Å². The maximum Gasteiger partial charge on any atom is 0.418 e. The summed E-state index contributed by atoms with van der Waals surface area (Å²) in [6.07, 6.45) is -0.691. The first-order valence-electron chi connectivity index (χ1n) is 9.55. The van der Waals surface area contributed by atoms with Gasteiger partial charge < -0.3 is 20.1 Å². The largest absolute Gasteiger partial charge is 0.454 e. The quantitative estimate of drug-likeness (QED) is 0.698. The second-order valence-corrected chi connectivity index (χ2v) is 7.46. The van der Waals surface area contributed by atoms with E-state index >= 15 is 0 Å². The maximum absolute atomic E-state index is 13.8. The van der Waals surface area contributed by atoms with Crippen LogP contribution < -0.4 is 25.8 Å². The Hall–Kier alpha value is -3.20. The van der Waals surface area contributed by atoms with Crippen molar-refractivity contribution in [2.75, 3.05) is 12.1 Å². The van der Waals surface area contributed by atoms with Crippen molar-refractivity contribution >= 4 is 11.6 Å². The molecule has 3 aliphatic rings. The third kappa shape index (κ3) is 3.15. The van der Waals surface area contributed by atoms with E-state index in [-0.39, 0.29) is 18.3 Å². The van der Waals surface area contributed by atoms with Crippen LogP contribution in [0.1, 0.15) is 23.1 Å². The highest BCUT2D eigenvalue weighted by atomic mass is 19.4. The Bertz CT molecular complexity index is 1080. The third-order valence-corrected chi connectivity index (χ3v) is 5.53. The van der Waals surface area contributed by atoms with E-state index in [0.29, 0.717) is 11.5 Å².